The molecular formula is C40H59NO7. The van der Waals surface area contributed by atoms with E-state index in [2.05, 4.69) is 31.0 Å². The first kappa shape index (κ1) is 36.4. The molecule has 2 aliphatic carbocycles. The van der Waals surface area contributed by atoms with Crippen molar-refractivity contribution >= 4 is 12.1 Å². The largest absolute Gasteiger partial charge is 0.514 e. The summed E-state index contributed by atoms with van der Waals surface area (Å²) in [6.45, 7) is 8.37. The molecule has 0 radical (unpaired) electrons. The number of ether oxygens (including phenoxy) is 4. The van der Waals surface area contributed by atoms with Gasteiger partial charge in [0.1, 0.15) is 11.4 Å². The van der Waals surface area contributed by atoms with Crippen molar-refractivity contribution < 1.29 is 33.6 Å². The predicted octanol–water partition coefficient (Wildman–Crippen LogP) is 8.86. The molecule has 4 unspecified atom stereocenters. The van der Waals surface area contributed by atoms with Gasteiger partial charge in [-0.1, -0.05) is 76.5 Å². The van der Waals surface area contributed by atoms with Gasteiger partial charge in [0.05, 0.1) is 11.0 Å². The Hall–Kier alpha value is -2.84. The van der Waals surface area contributed by atoms with Crippen LogP contribution >= 0.6 is 0 Å². The number of rotatable bonds is 17. The second-order valence-corrected chi connectivity index (χ2v) is 15.5. The Labute approximate surface area is 288 Å². The van der Waals surface area contributed by atoms with E-state index in [0.717, 1.165) is 43.4 Å². The first-order valence-electron chi connectivity index (χ1n) is 18.7. The Morgan fingerprint density at radius 2 is 1.65 bits per heavy atom. The Morgan fingerprint density at radius 3 is 2.33 bits per heavy atom. The van der Waals surface area contributed by atoms with Crippen LogP contribution in [0.5, 0.6) is 11.5 Å². The van der Waals surface area contributed by atoms with Gasteiger partial charge in [0.15, 0.2) is 17.6 Å². The van der Waals surface area contributed by atoms with Gasteiger partial charge in [0, 0.05) is 24.4 Å². The maximum atomic E-state index is 13.1. The summed E-state index contributed by atoms with van der Waals surface area (Å²) in [5, 5.41) is 12.5. The number of unbranched alkanes of at least 4 members (excludes halogenated alkanes) is 11. The number of aliphatic hydroxyl groups is 1. The second-order valence-electron chi connectivity index (χ2n) is 15.5. The smallest absolute Gasteiger partial charge is 0.477 e. The molecule has 2 aliphatic heterocycles. The molecule has 2 heterocycles. The number of carbonyl (C=O) groups excluding carboxylic acids is 2. The lowest BCUT2D eigenvalue weighted by molar-refractivity contribution is -0.169. The molecule has 1 N–H and O–H groups in total. The molecule has 48 heavy (non-hydrogen) atoms. The summed E-state index contributed by atoms with van der Waals surface area (Å²) < 4.78 is 23.8. The van der Waals surface area contributed by atoms with Crippen LogP contribution in [0.2, 0.25) is 0 Å². The molecule has 1 aromatic rings. The zero-order valence-corrected chi connectivity index (χ0v) is 30.1. The van der Waals surface area contributed by atoms with Crippen LogP contribution in [0.3, 0.4) is 0 Å². The zero-order chi connectivity index (χ0) is 34.4. The van der Waals surface area contributed by atoms with Crippen molar-refractivity contribution in [2.45, 2.75) is 166 Å². The molecule has 2 bridgehead atoms. The maximum absolute atomic E-state index is 13.1. The molecule has 4 atom stereocenters. The van der Waals surface area contributed by atoms with Crippen LogP contribution in [0.4, 0.5) is 4.79 Å². The highest BCUT2D eigenvalue weighted by Crippen LogP contribution is 2.65. The van der Waals surface area contributed by atoms with E-state index < -0.39 is 28.9 Å². The minimum absolute atomic E-state index is 0.113. The van der Waals surface area contributed by atoms with E-state index in [1.807, 2.05) is 12.1 Å². The van der Waals surface area contributed by atoms with E-state index in [4.69, 9.17) is 18.9 Å². The fourth-order valence-corrected chi connectivity index (χ4v) is 8.39. The fraction of sp³-hybridized carbons (Fsp3) is 0.700. The molecule has 0 amide bonds. The van der Waals surface area contributed by atoms with E-state index >= 15 is 0 Å². The Bertz CT molecular complexity index is 1350. The molecule has 0 aromatic heterocycles. The van der Waals surface area contributed by atoms with E-state index in [1.165, 1.54) is 57.8 Å². The van der Waals surface area contributed by atoms with Gasteiger partial charge < -0.3 is 29.0 Å². The van der Waals surface area contributed by atoms with Crippen molar-refractivity contribution in [2.75, 3.05) is 13.6 Å². The normalized spacial score (nSPS) is 25.8. The average Bonchev–Trinajstić information content (AvgIpc) is 3.38. The van der Waals surface area contributed by atoms with Gasteiger partial charge in [-0.05, 0) is 97.0 Å². The molecule has 5 rings (SSSR count). The molecule has 1 aromatic carbocycles. The van der Waals surface area contributed by atoms with Gasteiger partial charge in [0.25, 0.3) is 0 Å². The first-order valence-corrected chi connectivity index (χ1v) is 18.7. The van der Waals surface area contributed by atoms with E-state index in [-0.39, 0.29) is 17.8 Å². The lowest BCUT2D eigenvalue weighted by Crippen LogP contribution is -2.74. The summed E-state index contributed by atoms with van der Waals surface area (Å²) in [5.74, 6) is 0.871. The van der Waals surface area contributed by atoms with Crippen molar-refractivity contribution in [2.24, 2.45) is 0 Å². The van der Waals surface area contributed by atoms with E-state index in [0.29, 0.717) is 37.2 Å². The molecule has 1 fully saturated rings. The zero-order valence-electron chi connectivity index (χ0n) is 30.1. The monoisotopic (exact) mass is 665 g/mol. The highest BCUT2D eigenvalue weighted by molar-refractivity contribution is 5.73. The lowest BCUT2D eigenvalue weighted by Gasteiger charge is -2.61. The Balaban J connectivity index is 1.14. The highest BCUT2D eigenvalue weighted by atomic mass is 16.7. The van der Waals surface area contributed by atoms with E-state index in [9.17, 15) is 14.7 Å². The number of likely N-dealkylation sites (tertiary alicyclic amines) is 1. The fourth-order valence-electron chi connectivity index (χ4n) is 8.39. The third kappa shape index (κ3) is 7.80. The minimum Gasteiger partial charge on any atom is -0.477 e. The number of hydrogen-bond acceptors (Lipinski definition) is 8. The Morgan fingerprint density at radius 1 is 0.979 bits per heavy atom. The van der Waals surface area contributed by atoms with Gasteiger partial charge >= 0.3 is 12.1 Å². The predicted molar refractivity (Wildman–Crippen MR) is 187 cm³/mol. The number of likely N-dealkylation sites (N-methyl/N-ethyl adjacent to an activating group) is 1. The number of esters is 1. The molecule has 0 saturated carbocycles. The standard InChI is InChI=1S/C40H59NO7/c1-6-7-8-9-10-11-12-13-14-15-16-17-18-19-20-21-33(42)45-31-24-25-40(44)32-28-29-22-23-30(46-37(43)48-38(2,3)4)35-34(29)39(40,36(31)47-35)26-27-41(32)5/h13-14,22-24,32,36,44H,6-12,15-21,25-28H2,1-5H3. The summed E-state index contributed by atoms with van der Waals surface area (Å²) in [7, 11) is 2.06. The summed E-state index contributed by atoms with van der Waals surface area (Å²) >= 11 is 0. The number of allylic oxidation sites excluding steroid dienone is 2. The van der Waals surface area contributed by atoms with Crippen LogP contribution in [0.15, 0.2) is 36.1 Å². The Kier molecular flexibility index (Phi) is 12.0. The van der Waals surface area contributed by atoms with Gasteiger partial charge in [-0.15, -0.1) is 0 Å². The molecule has 8 heteroatoms. The van der Waals surface area contributed by atoms with Crippen LogP contribution in [0.1, 0.15) is 142 Å². The first-order chi connectivity index (χ1) is 23.0. The van der Waals surface area contributed by atoms with Gasteiger partial charge in [-0.25, -0.2) is 4.79 Å². The third-order valence-electron chi connectivity index (χ3n) is 10.8. The summed E-state index contributed by atoms with van der Waals surface area (Å²) in [4.78, 5) is 28.0. The molecule has 1 spiro atoms. The topological polar surface area (TPSA) is 94.5 Å². The third-order valence-corrected chi connectivity index (χ3v) is 10.8. The highest BCUT2D eigenvalue weighted by Gasteiger charge is 2.72. The number of piperidine rings is 1. The lowest BCUT2D eigenvalue weighted by atomic mass is 9.50. The quantitative estimate of drug-likeness (QED) is 0.0763. The number of carbonyl (C=O) groups is 2. The van der Waals surface area contributed by atoms with Crippen LogP contribution in [-0.4, -0.2) is 59.1 Å². The van der Waals surface area contributed by atoms with Crippen LogP contribution in [0.25, 0.3) is 0 Å². The van der Waals surface area contributed by atoms with Crippen LogP contribution in [-0.2, 0) is 26.1 Å². The molecular weight excluding hydrogens is 606 g/mol. The SMILES string of the molecule is CCCCCCCCC=CCCCCCCCC(=O)OC1=CCC2(O)C3Cc4ccc(OC(=O)OC(C)(C)C)c5c4C2(CCN3C)C1O5. The van der Waals surface area contributed by atoms with E-state index in [1.54, 1.807) is 26.8 Å². The van der Waals surface area contributed by atoms with Crippen LogP contribution < -0.4 is 9.47 Å². The van der Waals surface area contributed by atoms with Crippen LogP contribution in [0, 0.1) is 0 Å². The van der Waals surface area contributed by atoms with Gasteiger partial charge in [0.2, 0.25) is 0 Å². The maximum Gasteiger partial charge on any atom is 0.514 e. The van der Waals surface area contributed by atoms with Crippen molar-refractivity contribution in [3.05, 3.63) is 47.2 Å². The minimum atomic E-state index is -1.12. The number of hydrogen-bond donors (Lipinski definition) is 1. The van der Waals surface area contributed by atoms with Gasteiger partial charge in [-0.3, -0.25) is 4.79 Å². The molecule has 8 nitrogen and oxygen atoms in total. The molecule has 4 aliphatic rings. The summed E-state index contributed by atoms with van der Waals surface area (Å²) in [5.41, 5.74) is -0.708. The van der Waals surface area contributed by atoms with Gasteiger partial charge in [-0.2, -0.15) is 0 Å². The number of nitrogens with zero attached hydrogens (tertiary/aromatic N) is 1. The van der Waals surface area contributed by atoms with Crippen molar-refractivity contribution in [1.82, 2.24) is 4.90 Å². The molecule has 1 saturated heterocycles. The average molecular weight is 666 g/mol. The number of benzene rings is 1. The van der Waals surface area contributed by atoms with Crippen molar-refractivity contribution in [3.8, 4) is 11.5 Å². The molecule has 266 valence electrons. The van der Waals surface area contributed by atoms with Crippen molar-refractivity contribution in [3.63, 3.8) is 0 Å². The van der Waals surface area contributed by atoms with Crippen molar-refractivity contribution in [1.29, 1.82) is 0 Å². The summed E-state index contributed by atoms with van der Waals surface area (Å²) in [6, 6.07) is 3.60. The second kappa shape index (κ2) is 15.8. The summed E-state index contributed by atoms with van der Waals surface area (Å²) in [6.07, 6.45) is 22.6.